The molecule has 24 heavy (non-hydrogen) atoms. The molecule has 7 nitrogen and oxygen atoms in total. The van der Waals surface area contributed by atoms with E-state index in [1.807, 2.05) is 6.08 Å². The van der Waals surface area contributed by atoms with Gasteiger partial charge in [0.15, 0.2) is 5.96 Å². The zero-order chi connectivity index (χ0) is 17.2. The van der Waals surface area contributed by atoms with Crippen LogP contribution in [0.25, 0.3) is 0 Å². The van der Waals surface area contributed by atoms with Crippen LogP contribution in [0.3, 0.4) is 0 Å². The SMILES string of the molecule is C=CCNC(=NCC1CCCN1CC)NCCn1cnnc1CC. The maximum absolute atomic E-state index is 4.77. The number of hydrogen-bond acceptors (Lipinski definition) is 4. The van der Waals surface area contributed by atoms with Crippen LogP contribution in [0.5, 0.6) is 0 Å². The molecule has 7 heteroatoms. The molecule has 0 spiro atoms. The zero-order valence-electron chi connectivity index (χ0n) is 15.0. The Balaban J connectivity index is 1.85. The van der Waals surface area contributed by atoms with Crippen molar-refractivity contribution in [2.75, 3.05) is 32.7 Å². The van der Waals surface area contributed by atoms with E-state index in [2.05, 4.69) is 50.7 Å². The highest BCUT2D eigenvalue weighted by atomic mass is 15.3. The number of likely N-dealkylation sites (tertiary alicyclic amines) is 1. The summed E-state index contributed by atoms with van der Waals surface area (Å²) < 4.78 is 2.08. The highest BCUT2D eigenvalue weighted by Crippen LogP contribution is 2.16. The van der Waals surface area contributed by atoms with E-state index in [-0.39, 0.29) is 0 Å². The van der Waals surface area contributed by atoms with E-state index in [9.17, 15) is 0 Å². The number of nitrogens with one attached hydrogen (secondary N) is 2. The molecule has 1 atom stereocenters. The number of hydrogen-bond donors (Lipinski definition) is 2. The Morgan fingerprint density at radius 1 is 1.46 bits per heavy atom. The monoisotopic (exact) mass is 333 g/mol. The van der Waals surface area contributed by atoms with Gasteiger partial charge in [0, 0.05) is 32.1 Å². The fourth-order valence-corrected chi connectivity index (χ4v) is 3.09. The van der Waals surface area contributed by atoms with Crippen molar-refractivity contribution in [2.45, 2.75) is 45.7 Å². The van der Waals surface area contributed by atoms with Crippen molar-refractivity contribution in [3.05, 3.63) is 24.8 Å². The predicted molar refractivity (Wildman–Crippen MR) is 98.2 cm³/mol. The van der Waals surface area contributed by atoms with Gasteiger partial charge in [0.1, 0.15) is 12.2 Å². The van der Waals surface area contributed by atoms with Gasteiger partial charge in [-0.25, -0.2) is 0 Å². The molecular weight excluding hydrogens is 302 g/mol. The number of aryl methyl sites for hydroxylation is 1. The van der Waals surface area contributed by atoms with Gasteiger partial charge in [-0.1, -0.05) is 19.9 Å². The number of guanidine groups is 1. The molecule has 1 aliphatic rings. The molecule has 1 unspecified atom stereocenters. The van der Waals surface area contributed by atoms with Gasteiger partial charge in [-0.15, -0.1) is 16.8 Å². The first kappa shape index (κ1) is 18.4. The molecule has 2 rings (SSSR count). The number of nitrogens with zero attached hydrogens (tertiary/aromatic N) is 5. The van der Waals surface area contributed by atoms with Gasteiger partial charge in [-0.05, 0) is 25.9 Å². The van der Waals surface area contributed by atoms with Crippen molar-refractivity contribution >= 4 is 5.96 Å². The van der Waals surface area contributed by atoms with Crippen molar-refractivity contribution in [3.63, 3.8) is 0 Å². The molecule has 1 saturated heterocycles. The van der Waals surface area contributed by atoms with Gasteiger partial charge in [0.25, 0.3) is 0 Å². The van der Waals surface area contributed by atoms with Crippen LogP contribution in [0.4, 0.5) is 0 Å². The molecule has 0 saturated carbocycles. The maximum Gasteiger partial charge on any atom is 0.191 e. The molecule has 0 aromatic carbocycles. The summed E-state index contributed by atoms with van der Waals surface area (Å²) in [6.45, 7) is 13.6. The van der Waals surface area contributed by atoms with Crippen molar-refractivity contribution in [2.24, 2.45) is 4.99 Å². The Morgan fingerprint density at radius 3 is 3.08 bits per heavy atom. The van der Waals surface area contributed by atoms with Crippen molar-refractivity contribution in [1.29, 1.82) is 0 Å². The highest BCUT2D eigenvalue weighted by Gasteiger charge is 2.22. The van der Waals surface area contributed by atoms with Crippen LogP contribution >= 0.6 is 0 Å². The molecule has 2 heterocycles. The van der Waals surface area contributed by atoms with Crippen LogP contribution in [0.2, 0.25) is 0 Å². The Morgan fingerprint density at radius 2 is 2.33 bits per heavy atom. The summed E-state index contributed by atoms with van der Waals surface area (Å²) >= 11 is 0. The van der Waals surface area contributed by atoms with Crippen LogP contribution in [0, 0.1) is 0 Å². The molecule has 0 aliphatic carbocycles. The van der Waals surface area contributed by atoms with E-state index in [1.165, 1.54) is 19.4 Å². The van der Waals surface area contributed by atoms with E-state index < -0.39 is 0 Å². The van der Waals surface area contributed by atoms with Crippen LogP contribution in [-0.4, -0.2) is 64.4 Å². The molecule has 1 aromatic rings. The average Bonchev–Trinajstić information content (AvgIpc) is 3.25. The molecule has 2 N–H and O–H groups in total. The zero-order valence-corrected chi connectivity index (χ0v) is 15.0. The van der Waals surface area contributed by atoms with E-state index in [0.29, 0.717) is 12.6 Å². The minimum Gasteiger partial charge on any atom is -0.355 e. The van der Waals surface area contributed by atoms with Crippen molar-refractivity contribution in [1.82, 2.24) is 30.3 Å². The molecule has 1 aliphatic heterocycles. The molecule has 134 valence electrons. The Bertz CT molecular complexity index is 523. The lowest BCUT2D eigenvalue weighted by atomic mass is 10.2. The normalized spacial score (nSPS) is 18.8. The van der Waals surface area contributed by atoms with Crippen molar-refractivity contribution in [3.8, 4) is 0 Å². The van der Waals surface area contributed by atoms with Gasteiger partial charge >= 0.3 is 0 Å². The van der Waals surface area contributed by atoms with E-state index in [1.54, 1.807) is 6.33 Å². The first-order valence-electron chi connectivity index (χ1n) is 9.02. The molecule has 0 amide bonds. The van der Waals surface area contributed by atoms with E-state index in [4.69, 9.17) is 4.99 Å². The Labute approximate surface area is 145 Å². The fraction of sp³-hybridized carbons (Fsp3) is 0.706. The van der Waals surface area contributed by atoms with Crippen LogP contribution in [-0.2, 0) is 13.0 Å². The van der Waals surface area contributed by atoms with E-state index >= 15 is 0 Å². The van der Waals surface area contributed by atoms with Crippen LogP contribution < -0.4 is 10.6 Å². The third-order valence-electron chi connectivity index (χ3n) is 4.44. The third kappa shape index (κ3) is 5.33. The third-order valence-corrected chi connectivity index (χ3v) is 4.44. The largest absolute Gasteiger partial charge is 0.355 e. The minimum absolute atomic E-state index is 0.571. The second-order valence-electron chi connectivity index (χ2n) is 6.00. The smallest absolute Gasteiger partial charge is 0.191 e. The lowest BCUT2D eigenvalue weighted by Crippen LogP contribution is -2.40. The Hall–Kier alpha value is -1.89. The summed E-state index contributed by atoms with van der Waals surface area (Å²) in [4.78, 5) is 7.28. The van der Waals surface area contributed by atoms with Gasteiger partial charge in [-0.3, -0.25) is 9.89 Å². The summed E-state index contributed by atoms with van der Waals surface area (Å²) in [6, 6.07) is 0.571. The Kier molecular flexibility index (Phi) is 7.74. The second kappa shape index (κ2) is 10.1. The van der Waals surface area contributed by atoms with Crippen LogP contribution in [0.15, 0.2) is 24.0 Å². The average molecular weight is 333 g/mol. The standard InChI is InChI=1S/C17H31N7/c1-4-9-18-17(20-13-15-8-7-11-23(15)6-3)19-10-12-24-14-21-22-16(24)5-2/h4,14-15H,1,5-13H2,2-3H3,(H2,18,19,20). The quantitative estimate of drug-likeness (QED) is 0.401. The molecule has 0 bridgehead atoms. The van der Waals surface area contributed by atoms with Gasteiger partial charge in [0.2, 0.25) is 0 Å². The number of aromatic nitrogens is 3. The van der Waals surface area contributed by atoms with E-state index in [0.717, 1.165) is 44.4 Å². The van der Waals surface area contributed by atoms with Crippen molar-refractivity contribution < 1.29 is 0 Å². The number of rotatable bonds is 9. The summed E-state index contributed by atoms with van der Waals surface area (Å²) in [5, 5.41) is 14.8. The maximum atomic E-state index is 4.77. The first-order chi connectivity index (χ1) is 11.8. The topological polar surface area (TPSA) is 70.4 Å². The lowest BCUT2D eigenvalue weighted by Gasteiger charge is -2.21. The predicted octanol–water partition coefficient (Wildman–Crippen LogP) is 1.05. The molecule has 1 aromatic heterocycles. The summed E-state index contributed by atoms with van der Waals surface area (Å²) in [6.07, 6.45) is 7.05. The number of likely N-dealkylation sites (N-methyl/N-ethyl adjacent to an activating group) is 1. The summed E-state index contributed by atoms with van der Waals surface area (Å²) in [7, 11) is 0. The first-order valence-corrected chi connectivity index (χ1v) is 9.02. The highest BCUT2D eigenvalue weighted by molar-refractivity contribution is 5.79. The second-order valence-corrected chi connectivity index (χ2v) is 6.00. The lowest BCUT2D eigenvalue weighted by molar-refractivity contribution is 0.273. The molecule has 1 fully saturated rings. The number of aliphatic imine (C=N–C) groups is 1. The fourth-order valence-electron chi connectivity index (χ4n) is 3.09. The van der Waals surface area contributed by atoms with Gasteiger partial charge in [0.05, 0.1) is 6.54 Å². The summed E-state index contributed by atoms with van der Waals surface area (Å²) in [5.74, 6) is 1.86. The molecule has 0 radical (unpaired) electrons. The molecular formula is C17H31N7. The van der Waals surface area contributed by atoms with Crippen LogP contribution in [0.1, 0.15) is 32.5 Å². The minimum atomic E-state index is 0.571. The van der Waals surface area contributed by atoms with Gasteiger partial charge < -0.3 is 15.2 Å². The van der Waals surface area contributed by atoms with Gasteiger partial charge in [-0.2, -0.15) is 0 Å². The summed E-state index contributed by atoms with van der Waals surface area (Å²) in [5.41, 5.74) is 0.